The largest absolute Gasteiger partial charge is 0.353 e. The summed E-state index contributed by atoms with van der Waals surface area (Å²) in [6, 6.07) is 0.986. The molecule has 0 heterocycles. The van der Waals surface area contributed by atoms with Crippen LogP contribution in [0, 0.1) is 0 Å². The lowest BCUT2D eigenvalue weighted by Crippen LogP contribution is -2.33. The minimum atomic E-state index is 0.199. The van der Waals surface area contributed by atoms with Gasteiger partial charge in [-0.3, -0.25) is 4.79 Å². The van der Waals surface area contributed by atoms with Gasteiger partial charge in [-0.15, -0.1) is 0 Å². The number of carbonyl (C=O) groups is 1. The van der Waals surface area contributed by atoms with E-state index in [1.165, 1.54) is 32.1 Å². The fourth-order valence-corrected chi connectivity index (χ4v) is 1.88. The van der Waals surface area contributed by atoms with Gasteiger partial charge in [0.15, 0.2) is 0 Å². The van der Waals surface area contributed by atoms with Gasteiger partial charge in [-0.1, -0.05) is 12.2 Å². The van der Waals surface area contributed by atoms with Crippen molar-refractivity contribution in [3.8, 4) is 0 Å². The molecule has 2 aliphatic rings. The number of amides is 1. The van der Waals surface area contributed by atoms with Crippen LogP contribution in [0.1, 0.15) is 38.5 Å². The highest BCUT2D eigenvalue weighted by atomic mass is 16.1. The van der Waals surface area contributed by atoms with E-state index < -0.39 is 0 Å². The third-order valence-corrected chi connectivity index (χ3v) is 2.96. The second-order valence-electron chi connectivity index (χ2n) is 4.51. The van der Waals surface area contributed by atoms with Crippen LogP contribution in [0.3, 0.4) is 0 Å². The monoisotopic (exact) mass is 208 g/mol. The normalized spacial score (nSPS) is 25.2. The molecule has 3 heteroatoms. The smallest absolute Gasteiger partial charge is 0.221 e. The summed E-state index contributed by atoms with van der Waals surface area (Å²) in [5.41, 5.74) is 0. The van der Waals surface area contributed by atoms with E-state index in [0.29, 0.717) is 18.5 Å². The Morgan fingerprint density at radius 2 is 2.20 bits per heavy atom. The maximum atomic E-state index is 11.4. The number of carbonyl (C=O) groups excluding carboxylic acids is 1. The van der Waals surface area contributed by atoms with E-state index in [0.717, 1.165) is 6.54 Å². The van der Waals surface area contributed by atoms with Crippen molar-refractivity contribution in [1.82, 2.24) is 10.6 Å². The van der Waals surface area contributed by atoms with Crippen molar-refractivity contribution < 1.29 is 4.79 Å². The van der Waals surface area contributed by atoms with Crippen molar-refractivity contribution in [3.63, 3.8) is 0 Å². The third kappa shape index (κ3) is 4.04. The zero-order valence-corrected chi connectivity index (χ0v) is 9.17. The molecular weight excluding hydrogens is 188 g/mol. The molecule has 2 rings (SSSR count). The zero-order chi connectivity index (χ0) is 10.5. The molecule has 15 heavy (non-hydrogen) atoms. The highest BCUT2D eigenvalue weighted by Gasteiger charge is 2.22. The lowest BCUT2D eigenvalue weighted by atomic mass is 10.0. The molecule has 0 aromatic heterocycles. The average Bonchev–Trinajstić information content (AvgIpc) is 3.03. The van der Waals surface area contributed by atoms with E-state index in [1.54, 1.807) is 0 Å². The summed E-state index contributed by atoms with van der Waals surface area (Å²) in [6.45, 7) is 0.799. The molecule has 0 saturated heterocycles. The first-order valence-electron chi connectivity index (χ1n) is 6.04. The number of hydrogen-bond acceptors (Lipinski definition) is 2. The lowest BCUT2D eigenvalue weighted by molar-refractivity contribution is -0.121. The van der Waals surface area contributed by atoms with Crippen LogP contribution in [0.15, 0.2) is 12.2 Å². The van der Waals surface area contributed by atoms with Crippen LogP contribution in [0.5, 0.6) is 0 Å². The van der Waals surface area contributed by atoms with Crippen LogP contribution in [-0.4, -0.2) is 24.5 Å². The van der Waals surface area contributed by atoms with Gasteiger partial charge in [0.25, 0.3) is 0 Å². The molecule has 1 atom stereocenters. The number of nitrogens with one attached hydrogen (secondary N) is 2. The van der Waals surface area contributed by atoms with E-state index in [-0.39, 0.29) is 5.91 Å². The van der Waals surface area contributed by atoms with Crippen molar-refractivity contribution in [2.24, 2.45) is 0 Å². The first-order valence-corrected chi connectivity index (χ1v) is 6.04. The summed E-state index contributed by atoms with van der Waals surface area (Å²) in [7, 11) is 0. The van der Waals surface area contributed by atoms with Crippen LogP contribution in [-0.2, 0) is 4.79 Å². The first-order chi connectivity index (χ1) is 7.34. The van der Waals surface area contributed by atoms with Crippen LogP contribution in [0.2, 0.25) is 0 Å². The van der Waals surface area contributed by atoms with Gasteiger partial charge in [0.05, 0.1) is 0 Å². The summed E-state index contributed by atoms with van der Waals surface area (Å²) < 4.78 is 0. The second kappa shape index (κ2) is 5.31. The Morgan fingerprint density at radius 3 is 2.87 bits per heavy atom. The summed E-state index contributed by atoms with van der Waals surface area (Å²) in [5.74, 6) is 0.199. The molecule has 0 radical (unpaired) electrons. The zero-order valence-electron chi connectivity index (χ0n) is 9.17. The Kier molecular flexibility index (Phi) is 3.78. The van der Waals surface area contributed by atoms with Gasteiger partial charge in [-0.25, -0.2) is 0 Å². The summed E-state index contributed by atoms with van der Waals surface area (Å²) >= 11 is 0. The summed E-state index contributed by atoms with van der Waals surface area (Å²) in [4.78, 5) is 11.4. The van der Waals surface area contributed by atoms with Crippen molar-refractivity contribution in [2.45, 2.75) is 50.6 Å². The Bertz CT molecular complexity index is 246. The van der Waals surface area contributed by atoms with Crippen LogP contribution < -0.4 is 10.6 Å². The molecule has 0 aliphatic heterocycles. The Morgan fingerprint density at radius 1 is 1.33 bits per heavy atom. The molecule has 2 aliphatic carbocycles. The molecule has 1 amide bonds. The van der Waals surface area contributed by atoms with Gasteiger partial charge in [-0.2, -0.15) is 0 Å². The minimum absolute atomic E-state index is 0.199. The predicted molar refractivity (Wildman–Crippen MR) is 60.6 cm³/mol. The topological polar surface area (TPSA) is 41.1 Å². The van der Waals surface area contributed by atoms with Gasteiger partial charge in [0.2, 0.25) is 5.91 Å². The van der Waals surface area contributed by atoms with Gasteiger partial charge < -0.3 is 10.6 Å². The standard InChI is InChI=1S/C12H20N2O/c15-12(14-11-6-7-11)8-9-13-10-4-2-1-3-5-10/h2,4,10-11,13H,1,3,5-9H2,(H,14,15). The molecule has 1 saturated carbocycles. The predicted octanol–water partition coefficient (Wildman–Crippen LogP) is 1.35. The number of hydrogen-bond donors (Lipinski definition) is 2. The number of allylic oxidation sites excluding steroid dienone is 1. The molecule has 84 valence electrons. The van der Waals surface area contributed by atoms with Crippen molar-refractivity contribution in [3.05, 3.63) is 12.2 Å². The van der Waals surface area contributed by atoms with Gasteiger partial charge in [-0.05, 0) is 32.1 Å². The Labute approximate surface area is 91.3 Å². The van der Waals surface area contributed by atoms with E-state index in [4.69, 9.17) is 0 Å². The van der Waals surface area contributed by atoms with Crippen molar-refractivity contribution in [1.29, 1.82) is 0 Å². The highest BCUT2D eigenvalue weighted by Crippen LogP contribution is 2.18. The SMILES string of the molecule is O=C(CCNC1C=CCCC1)NC1CC1. The van der Waals surface area contributed by atoms with Gasteiger partial charge in [0, 0.05) is 25.0 Å². The maximum absolute atomic E-state index is 11.4. The van der Waals surface area contributed by atoms with Crippen molar-refractivity contribution >= 4 is 5.91 Å². The van der Waals surface area contributed by atoms with E-state index in [1.807, 2.05) is 0 Å². The highest BCUT2D eigenvalue weighted by molar-refractivity contribution is 5.76. The molecule has 2 N–H and O–H groups in total. The second-order valence-corrected chi connectivity index (χ2v) is 4.51. The average molecular weight is 208 g/mol. The molecule has 0 spiro atoms. The fraction of sp³-hybridized carbons (Fsp3) is 0.750. The molecule has 0 bridgehead atoms. The van der Waals surface area contributed by atoms with E-state index in [2.05, 4.69) is 22.8 Å². The van der Waals surface area contributed by atoms with E-state index in [9.17, 15) is 4.79 Å². The minimum Gasteiger partial charge on any atom is -0.353 e. The fourth-order valence-electron chi connectivity index (χ4n) is 1.88. The van der Waals surface area contributed by atoms with Gasteiger partial charge in [0.1, 0.15) is 0 Å². The third-order valence-electron chi connectivity index (χ3n) is 2.96. The molecule has 1 fully saturated rings. The molecular formula is C12H20N2O. The molecule has 0 aromatic carbocycles. The summed E-state index contributed by atoms with van der Waals surface area (Å²) in [6.07, 6.45) is 11.1. The first kappa shape index (κ1) is 10.7. The molecule has 0 aromatic rings. The molecule has 3 nitrogen and oxygen atoms in total. The Balaban J connectivity index is 1.54. The number of rotatable bonds is 5. The van der Waals surface area contributed by atoms with Gasteiger partial charge >= 0.3 is 0 Å². The van der Waals surface area contributed by atoms with Crippen LogP contribution in [0.25, 0.3) is 0 Å². The summed E-state index contributed by atoms with van der Waals surface area (Å²) in [5, 5.41) is 6.39. The van der Waals surface area contributed by atoms with Crippen LogP contribution >= 0.6 is 0 Å². The molecule has 1 unspecified atom stereocenters. The van der Waals surface area contributed by atoms with E-state index >= 15 is 0 Å². The Hall–Kier alpha value is -0.830. The van der Waals surface area contributed by atoms with Crippen molar-refractivity contribution in [2.75, 3.05) is 6.54 Å². The quantitative estimate of drug-likeness (QED) is 0.670. The lowest BCUT2D eigenvalue weighted by Gasteiger charge is -2.17. The maximum Gasteiger partial charge on any atom is 0.221 e. The van der Waals surface area contributed by atoms with Crippen LogP contribution in [0.4, 0.5) is 0 Å².